The summed E-state index contributed by atoms with van der Waals surface area (Å²) in [6, 6.07) is 4.03. The Morgan fingerprint density at radius 1 is 1.00 bits per heavy atom. The quantitative estimate of drug-likeness (QED) is 0.777. The van der Waals surface area contributed by atoms with Crippen molar-refractivity contribution in [3.8, 4) is 5.75 Å². The summed E-state index contributed by atoms with van der Waals surface area (Å²) in [5.74, 6) is 1.03. The molecule has 0 fully saturated rings. The molecule has 4 aliphatic rings. The summed E-state index contributed by atoms with van der Waals surface area (Å²) < 4.78 is 6.49. The first-order valence-corrected chi connectivity index (χ1v) is 7.24. The topological polar surface area (TPSA) is 45.4 Å². The van der Waals surface area contributed by atoms with E-state index in [1.165, 1.54) is 0 Å². The number of nitrogens with one attached hydrogen (secondary N) is 1. The number of hydrogen-bond donors (Lipinski definition) is 1. The number of aliphatic imine (C=N–C) groups is 1. The van der Waals surface area contributed by atoms with Gasteiger partial charge in [0.05, 0.1) is 5.56 Å². The van der Waals surface area contributed by atoms with Gasteiger partial charge in [0.25, 0.3) is 0 Å². The molecule has 0 aromatic heterocycles. The molecule has 2 aliphatic heterocycles. The van der Waals surface area contributed by atoms with E-state index in [4.69, 9.17) is 10.1 Å². The van der Waals surface area contributed by atoms with E-state index in [9.17, 15) is 0 Å². The van der Waals surface area contributed by atoms with E-state index < -0.39 is 5.60 Å². The summed E-state index contributed by atoms with van der Waals surface area (Å²) in [5.41, 5.74) is 4.39. The molecule has 1 spiro atoms. The Morgan fingerprint density at radius 2 is 1.86 bits per heavy atom. The van der Waals surface area contributed by atoms with Gasteiger partial charge in [0.2, 0.25) is 0 Å². The first kappa shape index (κ1) is 11.7. The molecule has 1 atom stereocenters. The third-order valence-electron chi connectivity index (χ3n) is 4.49. The summed E-state index contributed by atoms with van der Waals surface area (Å²) >= 11 is 0. The van der Waals surface area contributed by atoms with Gasteiger partial charge in [-0.05, 0) is 12.2 Å². The van der Waals surface area contributed by atoms with Gasteiger partial charge >= 0.3 is 0 Å². The average molecular weight is 284 g/mol. The first-order chi connectivity index (χ1) is 10.8. The van der Waals surface area contributed by atoms with Crippen LogP contribution < -0.4 is 4.74 Å². The summed E-state index contributed by atoms with van der Waals surface area (Å²) in [5, 5.41) is 8.07. The minimum absolute atomic E-state index is 0.271. The highest BCUT2D eigenvalue weighted by molar-refractivity contribution is 6.16. The van der Waals surface area contributed by atoms with E-state index in [-0.39, 0.29) is 5.84 Å². The van der Waals surface area contributed by atoms with E-state index in [2.05, 4.69) is 41.4 Å². The molecule has 0 radical (unpaired) electrons. The summed E-state index contributed by atoms with van der Waals surface area (Å²) in [6.45, 7) is 0. The molecule has 0 saturated heterocycles. The summed E-state index contributed by atoms with van der Waals surface area (Å²) in [4.78, 5) is 4.11. The lowest BCUT2D eigenvalue weighted by molar-refractivity contribution is 0.198. The molecule has 2 aliphatic carbocycles. The maximum absolute atomic E-state index is 8.07. The van der Waals surface area contributed by atoms with E-state index in [1.807, 2.05) is 24.3 Å². The maximum Gasteiger partial charge on any atom is 0.178 e. The average Bonchev–Trinajstić information content (AvgIpc) is 2.93. The van der Waals surface area contributed by atoms with Crippen molar-refractivity contribution < 1.29 is 4.74 Å². The molecule has 3 heteroatoms. The second-order valence-electron chi connectivity index (χ2n) is 5.69. The molecule has 1 aromatic rings. The van der Waals surface area contributed by atoms with Crippen molar-refractivity contribution in [1.82, 2.24) is 0 Å². The van der Waals surface area contributed by atoms with Crippen molar-refractivity contribution in [2.24, 2.45) is 4.99 Å². The lowest BCUT2D eigenvalue weighted by Gasteiger charge is -2.40. The van der Waals surface area contributed by atoms with Gasteiger partial charge in [-0.2, -0.15) is 0 Å². The molecular formula is C19H12N2O. The van der Waals surface area contributed by atoms with E-state index in [1.54, 1.807) is 6.21 Å². The third-order valence-corrected chi connectivity index (χ3v) is 4.49. The smallest absolute Gasteiger partial charge is 0.178 e. The second-order valence-corrected chi connectivity index (χ2v) is 5.69. The highest BCUT2D eigenvalue weighted by Crippen LogP contribution is 2.47. The van der Waals surface area contributed by atoms with Crippen molar-refractivity contribution in [3.63, 3.8) is 0 Å². The molecule has 0 saturated carbocycles. The van der Waals surface area contributed by atoms with E-state index in [0.29, 0.717) is 0 Å². The maximum atomic E-state index is 8.07. The fourth-order valence-corrected chi connectivity index (χ4v) is 3.42. The molecule has 0 bridgehead atoms. The number of allylic oxidation sites excluding steroid dienone is 4. The van der Waals surface area contributed by atoms with E-state index in [0.717, 1.165) is 33.6 Å². The van der Waals surface area contributed by atoms with Gasteiger partial charge in [0.15, 0.2) is 11.4 Å². The first-order valence-electron chi connectivity index (χ1n) is 7.24. The zero-order chi connectivity index (χ0) is 14.7. The number of ether oxygens (including phenoxy) is 1. The molecule has 5 rings (SSSR count). The standard InChI is InChI=1S/C19H12N2O/c20-18-16-13(11-21-18)8-7-12-10-15-6-3-5-14-4-1-2-9-19(14,15)22-17(12)16/h1-11,20H. The van der Waals surface area contributed by atoms with Crippen LogP contribution in [0.15, 0.2) is 70.8 Å². The van der Waals surface area contributed by atoms with Crippen LogP contribution in [0, 0.1) is 5.41 Å². The zero-order valence-corrected chi connectivity index (χ0v) is 11.7. The molecule has 1 N–H and O–H groups in total. The fourth-order valence-electron chi connectivity index (χ4n) is 3.42. The Kier molecular flexibility index (Phi) is 2.03. The molecule has 1 unspecified atom stereocenters. The lowest BCUT2D eigenvalue weighted by atomic mass is 9.77. The van der Waals surface area contributed by atoms with Crippen molar-refractivity contribution in [2.45, 2.75) is 5.60 Å². The van der Waals surface area contributed by atoms with Crippen molar-refractivity contribution in [1.29, 1.82) is 5.41 Å². The summed E-state index contributed by atoms with van der Waals surface area (Å²) in [6.07, 6.45) is 18.3. The number of benzene rings is 1. The normalized spacial score (nSPS) is 25.7. The van der Waals surface area contributed by atoms with Gasteiger partial charge in [-0.3, -0.25) is 5.41 Å². The minimum atomic E-state index is -0.575. The molecule has 22 heavy (non-hydrogen) atoms. The molecule has 3 nitrogen and oxygen atoms in total. The Morgan fingerprint density at radius 3 is 2.82 bits per heavy atom. The predicted molar refractivity (Wildman–Crippen MR) is 87.7 cm³/mol. The van der Waals surface area contributed by atoms with Gasteiger partial charge in [0, 0.05) is 28.5 Å². The third kappa shape index (κ3) is 1.31. The van der Waals surface area contributed by atoms with Crippen LogP contribution in [0.4, 0.5) is 0 Å². The van der Waals surface area contributed by atoms with Crippen molar-refractivity contribution >= 4 is 18.1 Å². The molecule has 2 heterocycles. The Labute approximate surface area is 127 Å². The Hall–Kier alpha value is -2.94. The van der Waals surface area contributed by atoms with Crippen LogP contribution in [0.3, 0.4) is 0 Å². The van der Waals surface area contributed by atoms with Gasteiger partial charge in [-0.25, -0.2) is 4.99 Å². The largest absolute Gasteiger partial charge is 0.472 e. The zero-order valence-electron chi connectivity index (χ0n) is 11.7. The molecular weight excluding hydrogens is 272 g/mol. The highest BCUT2D eigenvalue weighted by atomic mass is 16.5. The van der Waals surface area contributed by atoms with Gasteiger partial charge in [-0.1, -0.05) is 48.6 Å². The van der Waals surface area contributed by atoms with Gasteiger partial charge < -0.3 is 4.74 Å². The van der Waals surface area contributed by atoms with Crippen LogP contribution in [0.1, 0.15) is 16.7 Å². The minimum Gasteiger partial charge on any atom is -0.472 e. The monoisotopic (exact) mass is 284 g/mol. The molecule has 1 aromatic carbocycles. The van der Waals surface area contributed by atoms with Gasteiger partial charge in [-0.15, -0.1) is 0 Å². The van der Waals surface area contributed by atoms with Crippen LogP contribution in [0.5, 0.6) is 5.75 Å². The predicted octanol–water partition coefficient (Wildman–Crippen LogP) is 3.58. The number of rotatable bonds is 0. The van der Waals surface area contributed by atoms with Crippen LogP contribution in [0.2, 0.25) is 0 Å². The number of nitrogens with zero attached hydrogens (tertiary/aromatic N) is 1. The van der Waals surface area contributed by atoms with Gasteiger partial charge in [0.1, 0.15) is 5.75 Å². The van der Waals surface area contributed by atoms with Crippen LogP contribution in [-0.2, 0) is 0 Å². The highest BCUT2D eigenvalue weighted by Gasteiger charge is 2.42. The molecule has 104 valence electrons. The van der Waals surface area contributed by atoms with Crippen LogP contribution in [0.25, 0.3) is 6.08 Å². The second kappa shape index (κ2) is 3.83. The number of amidine groups is 1. The molecule has 0 amide bonds. The van der Waals surface area contributed by atoms with Crippen LogP contribution in [-0.4, -0.2) is 17.7 Å². The SMILES string of the molecule is N=C1N=Cc2ccc3c(c21)OC12C=CC=CC1=CC=CC2=C3. The van der Waals surface area contributed by atoms with Crippen LogP contribution >= 0.6 is 0 Å². The number of hydrogen-bond acceptors (Lipinski definition) is 2. The van der Waals surface area contributed by atoms with Crippen molar-refractivity contribution in [3.05, 3.63) is 82.5 Å². The van der Waals surface area contributed by atoms with Crippen molar-refractivity contribution in [2.75, 3.05) is 0 Å². The Bertz CT molecular complexity index is 925. The van der Waals surface area contributed by atoms with E-state index >= 15 is 0 Å². The lowest BCUT2D eigenvalue weighted by Crippen LogP contribution is -2.41. The number of fused-ring (bicyclic) bond motifs is 3. The Balaban J connectivity index is 1.79. The fraction of sp³-hybridized carbons (Fsp3) is 0.0526. The summed E-state index contributed by atoms with van der Waals surface area (Å²) in [7, 11) is 0.